The molecular formula is C23H21FN2. The average molecular weight is 344 g/mol. The molecule has 4 aromatic rings. The lowest BCUT2D eigenvalue weighted by atomic mass is 10.00. The van der Waals surface area contributed by atoms with Crippen molar-refractivity contribution < 1.29 is 4.39 Å². The van der Waals surface area contributed by atoms with Crippen LogP contribution in [0.5, 0.6) is 0 Å². The van der Waals surface area contributed by atoms with E-state index in [1.807, 2.05) is 12.1 Å². The molecule has 2 aromatic carbocycles. The summed E-state index contributed by atoms with van der Waals surface area (Å²) >= 11 is 0. The van der Waals surface area contributed by atoms with Crippen molar-refractivity contribution in [2.75, 3.05) is 0 Å². The largest absolute Gasteiger partial charge is 0.346 e. The molecule has 1 aliphatic rings. The van der Waals surface area contributed by atoms with Crippen LogP contribution in [0.4, 0.5) is 4.39 Å². The first kappa shape index (κ1) is 15.4. The molecule has 0 saturated carbocycles. The van der Waals surface area contributed by atoms with Gasteiger partial charge in [-0.05, 0) is 66.4 Å². The van der Waals surface area contributed by atoms with Crippen LogP contribution in [-0.2, 0) is 20.0 Å². The molecule has 130 valence electrons. The van der Waals surface area contributed by atoms with Gasteiger partial charge in [-0.25, -0.2) is 4.39 Å². The normalized spacial score (nSPS) is 13.1. The number of halogens is 1. The van der Waals surface area contributed by atoms with Gasteiger partial charge in [-0.3, -0.25) is 0 Å². The molecular weight excluding hydrogens is 323 g/mol. The lowest BCUT2D eigenvalue weighted by molar-refractivity contribution is 0.627. The molecule has 0 spiro atoms. The first-order valence-electron chi connectivity index (χ1n) is 9.06. The van der Waals surface area contributed by atoms with E-state index in [1.54, 1.807) is 12.1 Å². The highest BCUT2D eigenvalue weighted by molar-refractivity contribution is 5.86. The molecule has 0 radical (unpaired) electrons. The number of nitrogens with zero attached hydrogens (tertiary/aromatic N) is 2. The second-order valence-electron chi connectivity index (χ2n) is 7.32. The summed E-state index contributed by atoms with van der Waals surface area (Å²) in [5, 5.41) is 1.36. The maximum absolute atomic E-state index is 13.4. The van der Waals surface area contributed by atoms with E-state index in [0.717, 1.165) is 18.5 Å². The molecule has 0 amide bonds. The summed E-state index contributed by atoms with van der Waals surface area (Å²) in [5.41, 5.74) is 10.4. The molecule has 0 bridgehead atoms. The quantitative estimate of drug-likeness (QED) is 0.388. The van der Waals surface area contributed by atoms with Gasteiger partial charge in [0.05, 0.1) is 12.2 Å². The number of benzene rings is 2. The van der Waals surface area contributed by atoms with Crippen LogP contribution in [0.25, 0.3) is 22.2 Å². The van der Waals surface area contributed by atoms with E-state index in [1.165, 1.54) is 44.7 Å². The molecule has 5 rings (SSSR count). The van der Waals surface area contributed by atoms with Gasteiger partial charge in [-0.15, -0.1) is 0 Å². The van der Waals surface area contributed by atoms with Gasteiger partial charge in [-0.1, -0.05) is 18.2 Å². The third kappa shape index (κ3) is 1.97. The smallest absolute Gasteiger partial charge is 0.123 e. The van der Waals surface area contributed by atoms with Crippen LogP contribution in [0.3, 0.4) is 0 Å². The Morgan fingerprint density at radius 1 is 0.885 bits per heavy atom. The molecule has 0 fully saturated rings. The Kier molecular flexibility index (Phi) is 3.17. The summed E-state index contributed by atoms with van der Waals surface area (Å²) < 4.78 is 18.2. The first-order chi connectivity index (χ1) is 12.6. The van der Waals surface area contributed by atoms with Crippen molar-refractivity contribution in [1.29, 1.82) is 0 Å². The minimum Gasteiger partial charge on any atom is -0.346 e. The lowest BCUT2D eigenvalue weighted by Crippen LogP contribution is -2.16. The SMILES string of the molecule is Cc1c(C)c(-c2ccc(F)cc2)n2c1Cc1c(n(C)c3ccccc13)C2. The van der Waals surface area contributed by atoms with Gasteiger partial charge >= 0.3 is 0 Å². The summed E-state index contributed by atoms with van der Waals surface area (Å²) in [5.74, 6) is -0.190. The zero-order chi connectivity index (χ0) is 18.0. The van der Waals surface area contributed by atoms with E-state index in [9.17, 15) is 4.39 Å². The number of fused-ring (bicyclic) bond motifs is 4. The minimum absolute atomic E-state index is 0.190. The topological polar surface area (TPSA) is 9.86 Å². The summed E-state index contributed by atoms with van der Waals surface area (Å²) in [7, 11) is 2.16. The monoisotopic (exact) mass is 344 g/mol. The van der Waals surface area contributed by atoms with Crippen LogP contribution in [0, 0.1) is 19.7 Å². The van der Waals surface area contributed by atoms with Crippen molar-refractivity contribution in [3.8, 4) is 11.3 Å². The van der Waals surface area contributed by atoms with E-state index in [-0.39, 0.29) is 5.82 Å². The highest BCUT2D eigenvalue weighted by Crippen LogP contribution is 2.39. The highest BCUT2D eigenvalue weighted by atomic mass is 19.1. The number of para-hydroxylation sites is 1. The van der Waals surface area contributed by atoms with Gasteiger partial charge in [0.25, 0.3) is 0 Å². The van der Waals surface area contributed by atoms with Crippen LogP contribution < -0.4 is 0 Å². The predicted octanol–water partition coefficient (Wildman–Crippen LogP) is 5.36. The summed E-state index contributed by atoms with van der Waals surface area (Å²) in [4.78, 5) is 0. The van der Waals surface area contributed by atoms with Crippen molar-refractivity contribution in [1.82, 2.24) is 9.13 Å². The first-order valence-corrected chi connectivity index (χ1v) is 9.06. The molecule has 3 heteroatoms. The minimum atomic E-state index is -0.190. The fraction of sp³-hybridized carbons (Fsp3) is 0.217. The molecule has 3 heterocycles. The maximum atomic E-state index is 13.4. The molecule has 0 aliphatic carbocycles. The Labute approximate surface area is 152 Å². The second-order valence-corrected chi connectivity index (χ2v) is 7.32. The van der Waals surface area contributed by atoms with Crippen LogP contribution in [0.2, 0.25) is 0 Å². The van der Waals surface area contributed by atoms with Gasteiger partial charge in [0.1, 0.15) is 5.82 Å². The number of rotatable bonds is 1. The zero-order valence-electron chi connectivity index (χ0n) is 15.3. The van der Waals surface area contributed by atoms with E-state index in [4.69, 9.17) is 0 Å². The van der Waals surface area contributed by atoms with Crippen molar-refractivity contribution in [3.05, 3.63) is 82.4 Å². The maximum Gasteiger partial charge on any atom is 0.123 e. The van der Waals surface area contributed by atoms with Gasteiger partial charge in [-0.2, -0.15) is 0 Å². The molecule has 1 aliphatic heterocycles. The fourth-order valence-corrected chi connectivity index (χ4v) is 4.56. The van der Waals surface area contributed by atoms with Crippen molar-refractivity contribution in [2.45, 2.75) is 26.8 Å². The van der Waals surface area contributed by atoms with Gasteiger partial charge in [0.15, 0.2) is 0 Å². The van der Waals surface area contributed by atoms with Crippen LogP contribution >= 0.6 is 0 Å². The predicted molar refractivity (Wildman–Crippen MR) is 104 cm³/mol. The van der Waals surface area contributed by atoms with Gasteiger partial charge < -0.3 is 9.13 Å². The molecule has 0 saturated heterocycles. The number of hydrogen-bond acceptors (Lipinski definition) is 0. The Bertz CT molecular complexity index is 1160. The Morgan fingerprint density at radius 3 is 2.38 bits per heavy atom. The lowest BCUT2D eigenvalue weighted by Gasteiger charge is -2.21. The van der Waals surface area contributed by atoms with E-state index in [0.29, 0.717) is 0 Å². The second kappa shape index (κ2) is 5.34. The third-order valence-electron chi connectivity index (χ3n) is 6.06. The highest BCUT2D eigenvalue weighted by Gasteiger charge is 2.27. The zero-order valence-corrected chi connectivity index (χ0v) is 15.3. The molecule has 2 aromatic heterocycles. The average Bonchev–Trinajstić information content (AvgIpc) is 3.07. The standard InChI is InChI=1S/C23H21FN2/c1-14-15(2)23(16-8-10-17(24)11-9-16)26-13-22-19(12-21(14)26)18-6-4-5-7-20(18)25(22)3/h4-11H,12-13H2,1-3H3. The van der Waals surface area contributed by atoms with Crippen molar-refractivity contribution in [2.24, 2.45) is 7.05 Å². The van der Waals surface area contributed by atoms with E-state index < -0.39 is 0 Å². The molecule has 0 atom stereocenters. The number of aromatic nitrogens is 2. The van der Waals surface area contributed by atoms with Crippen LogP contribution in [0.1, 0.15) is 28.1 Å². The Morgan fingerprint density at radius 2 is 1.62 bits per heavy atom. The van der Waals surface area contributed by atoms with Crippen LogP contribution in [0.15, 0.2) is 48.5 Å². The van der Waals surface area contributed by atoms with E-state index in [2.05, 4.69) is 54.3 Å². The summed E-state index contributed by atoms with van der Waals surface area (Å²) in [6.45, 7) is 5.25. The van der Waals surface area contributed by atoms with Crippen molar-refractivity contribution >= 4 is 10.9 Å². The molecule has 0 unspecified atom stereocenters. The third-order valence-corrected chi connectivity index (χ3v) is 6.06. The number of aryl methyl sites for hydroxylation is 1. The molecule has 0 N–H and O–H groups in total. The van der Waals surface area contributed by atoms with Gasteiger partial charge in [0, 0.05) is 35.8 Å². The molecule has 2 nitrogen and oxygen atoms in total. The van der Waals surface area contributed by atoms with Gasteiger partial charge in [0.2, 0.25) is 0 Å². The van der Waals surface area contributed by atoms with Crippen LogP contribution in [-0.4, -0.2) is 9.13 Å². The van der Waals surface area contributed by atoms with E-state index >= 15 is 0 Å². The van der Waals surface area contributed by atoms with Crippen molar-refractivity contribution in [3.63, 3.8) is 0 Å². The fourth-order valence-electron chi connectivity index (χ4n) is 4.56. The molecule has 26 heavy (non-hydrogen) atoms. The summed E-state index contributed by atoms with van der Waals surface area (Å²) in [6, 6.07) is 15.5. The number of hydrogen-bond donors (Lipinski definition) is 0. The Hall–Kier alpha value is -2.81. The Balaban J connectivity index is 1.74. The summed E-state index contributed by atoms with van der Waals surface area (Å²) in [6.07, 6.45) is 0.949.